The Bertz CT molecular complexity index is 528. The summed E-state index contributed by atoms with van der Waals surface area (Å²) in [5.74, 6) is -0.179. The zero-order valence-electron chi connectivity index (χ0n) is 9.87. The van der Waals surface area contributed by atoms with Crippen molar-refractivity contribution in [2.75, 3.05) is 11.5 Å². The Morgan fingerprint density at radius 3 is 2.56 bits per heavy atom. The van der Waals surface area contributed by atoms with Crippen molar-refractivity contribution in [1.82, 2.24) is 5.32 Å². The van der Waals surface area contributed by atoms with Gasteiger partial charge in [0.25, 0.3) is 0 Å². The van der Waals surface area contributed by atoms with Crippen LogP contribution in [-0.4, -0.2) is 31.9 Å². The second-order valence-electron chi connectivity index (χ2n) is 4.50. The van der Waals surface area contributed by atoms with Crippen molar-refractivity contribution in [2.24, 2.45) is 5.73 Å². The van der Waals surface area contributed by atoms with Crippen molar-refractivity contribution in [3.05, 3.63) is 35.9 Å². The first-order chi connectivity index (χ1) is 8.48. The highest BCUT2D eigenvalue weighted by atomic mass is 32.2. The minimum Gasteiger partial charge on any atom is -0.351 e. The molecule has 0 spiro atoms. The fraction of sp³-hybridized carbons (Fsp3) is 0.417. The highest BCUT2D eigenvalue weighted by Gasteiger charge is 2.30. The van der Waals surface area contributed by atoms with E-state index in [1.165, 1.54) is 0 Å². The third-order valence-electron chi connectivity index (χ3n) is 3.02. The number of amides is 1. The summed E-state index contributed by atoms with van der Waals surface area (Å²) in [6.07, 6.45) is 0.468. The van der Waals surface area contributed by atoms with Crippen molar-refractivity contribution in [2.45, 2.75) is 18.5 Å². The van der Waals surface area contributed by atoms with E-state index in [9.17, 15) is 13.2 Å². The summed E-state index contributed by atoms with van der Waals surface area (Å²) in [6, 6.07) is 7.94. The van der Waals surface area contributed by atoms with Crippen LogP contribution in [-0.2, 0) is 14.6 Å². The van der Waals surface area contributed by atoms with Gasteiger partial charge in [-0.1, -0.05) is 30.3 Å². The zero-order chi connectivity index (χ0) is 13.2. The van der Waals surface area contributed by atoms with Gasteiger partial charge in [-0.25, -0.2) is 8.42 Å². The molecule has 1 saturated heterocycles. The number of nitrogens with one attached hydrogen (secondary N) is 1. The summed E-state index contributed by atoms with van der Waals surface area (Å²) in [5.41, 5.74) is 6.54. The molecule has 2 rings (SSSR count). The molecule has 0 radical (unpaired) electrons. The van der Waals surface area contributed by atoms with Crippen LogP contribution in [0.25, 0.3) is 0 Å². The van der Waals surface area contributed by atoms with Crippen LogP contribution < -0.4 is 11.1 Å². The number of rotatable bonds is 3. The van der Waals surface area contributed by atoms with Crippen LogP contribution >= 0.6 is 0 Å². The van der Waals surface area contributed by atoms with E-state index in [-0.39, 0.29) is 23.5 Å². The van der Waals surface area contributed by atoms with Crippen LogP contribution in [0.5, 0.6) is 0 Å². The molecule has 1 amide bonds. The minimum absolute atomic E-state index is 0.0141. The molecule has 3 N–H and O–H groups in total. The third kappa shape index (κ3) is 3.08. The molecule has 0 aromatic heterocycles. The molecule has 0 bridgehead atoms. The van der Waals surface area contributed by atoms with Gasteiger partial charge in [0.05, 0.1) is 11.5 Å². The monoisotopic (exact) mass is 268 g/mol. The second kappa shape index (κ2) is 5.07. The van der Waals surface area contributed by atoms with Gasteiger partial charge in [-0.05, 0) is 12.0 Å². The molecule has 5 nitrogen and oxygen atoms in total. The molecule has 1 aliphatic heterocycles. The van der Waals surface area contributed by atoms with Crippen LogP contribution in [0.3, 0.4) is 0 Å². The van der Waals surface area contributed by atoms with Gasteiger partial charge in [-0.3, -0.25) is 4.79 Å². The highest BCUT2D eigenvalue weighted by Crippen LogP contribution is 2.14. The van der Waals surface area contributed by atoms with E-state index < -0.39 is 15.9 Å². The van der Waals surface area contributed by atoms with Gasteiger partial charge in [0.1, 0.15) is 6.04 Å². The number of nitrogens with two attached hydrogens (primary N) is 1. The minimum atomic E-state index is -2.99. The summed E-state index contributed by atoms with van der Waals surface area (Å²) in [6.45, 7) is 0. The number of carbonyl (C=O) groups excluding carboxylic acids is 1. The Hall–Kier alpha value is -1.40. The van der Waals surface area contributed by atoms with Crippen LogP contribution in [0.1, 0.15) is 18.0 Å². The first kappa shape index (κ1) is 13.0. The highest BCUT2D eigenvalue weighted by molar-refractivity contribution is 7.91. The molecule has 0 aliphatic carbocycles. The first-order valence-corrected chi connectivity index (χ1v) is 7.61. The quantitative estimate of drug-likeness (QED) is 0.807. The summed E-state index contributed by atoms with van der Waals surface area (Å²) in [7, 11) is -2.99. The lowest BCUT2D eigenvalue weighted by Crippen LogP contribution is -2.41. The lowest BCUT2D eigenvalue weighted by molar-refractivity contribution is -0.123. The third-order valence-corrected chi connectivity index (χ3v) is 4.79. The molecule has 1 aromatic carbocycles. The van der Waals surface area contributed by atoms with Gasteiger partial charge >= 0.3 is 0 Å². The molecule has 1 heterocycles. The molecule has 1 unspecified atom stereocenters. The lowest BCUT2D eigenvalue weighted by Gasteiger charge is -2.16. The summed E-state index contributed by atoms with van der Waals surface area (Å²) in [4.78, 5) is 11.9. The molecular formula is C12H16N2O3S. The molecule has 1 aliphatic rings. The molecule has 18 heavy (non-hydrogen) atoms. The number of carbonyl (C=O) groups is 1. The standard InChI is InChI=1S/C12H16N2O3S/c13-11(9-4-2-1-3-5-9)12(15)14-10-6-7-18(16,17)8-10/h1-5,10-11H,6-8,13H2,(H,14,15)/t10?,11-/m0/s1. The van der Waals surface area contributed by atoms with Gasteiger partial charge in [-0.2, -0.15) is 0 Å². The molecule has 2 atom stereocenters. The summed E-state index contributed by atoms with van der Waals surface area (Å²) >= 11 is 0. The average molecular weight is 268 g/mol. The second-order valence-corrected chi connectivity index (χ2v) is 6.73. The maximum absolute atomic E-state index is 11.9. The SMILES string of the molecule is N[C@H](C(=O)NC1CCS(=O)(=O)C1)c1ccccc1. The van der Waals surface area contributed by atoms with Crippen molar-refractivity contribution in [3.8, 4) is 0 Å². The molecule has 1 fully saturated rings. The molecule has 1 aromatic rings. The number of hydrogen-bond acceptors (Lipinski definition) is 4. The Kier molecular flexibility index (Phi) is 3.68. The zero-order valence-corrected chi connectivity index (χ0v) is 10.7. The van der Waals surface area contributed by atoms with Crippen LogP contribution in [0.4, 0.5) is 0 Å². The Morgan fingerprint density at radius 1 is 1.33 bits per heavy atom. The summed E-state index contributed by atoms with van der Waals surface area (Å²) in [5, 5.41) is 2.69. The first-order valence-electron chi connectivity index (χ1n) is 5.79. The Labute approximate surface area is 106 Å². The van der Waals surface area contributed by atoms with Crippen molar-refractivity contribution < 1.29 is 13.2 Å². The van der Waals surface area contributed by atoms with E-state index >= 15 is 0 Å². The van der Waals surface area contributed by atoms with Crippen LogP contribution in [0, 0.1) is 0 Å². The number of hydrogen-bond donors (Lipinski definition) is 2. The van der Waals surface area contributed by atoms with Gasteiger partial charge in [0.15, 0.2) is 9.84 Å². The van der Waals surface area contributed by atoms with Gasteiger partial charge in [0, 0.05) is 6.04 Å². The van der Waals surface area contributed by atoms with Crippen LogP contribution in [0.2, 0.25) is 0 Å². The lowest BCUT2D eigenvalue weighted by atomic mass is 10.1. The average Bonchev–Trinajstić information content (AvgIpc) is 2.68. The Morgan fingerprint density at radius 2 is 2.00 bits per heavy atom. The largest absolute Gasteiger partial charge is 0.351 e. The van der Waals surface area contributed by atoms with Crippen molar-refractivity contribution in [3.63, 3.8) is 0 Å². The normalized spacial score (nSPS) is 23.5. The van der Waals surface area contributed by atoms with Crippen LogP contribution in [0.15, 0.2) is 30.3 Å². The predicted molar refractivity (Wildman–Crippen MR) is 68.6 cm³/mol. The van der Waals surface area contributed by atoms with E-state index in [0.29, 0.717) is 6.42 Å². The van der Waals surface area contributed by atoms with Crippen molar-refractivity contribution >= 4 is 15.7 Å². The molecule has 98 valence electrons. The van der Waals surface area contributed by atoms with E-state index in [0.717, 1.165) is 5.56 Å². The fourth-order valence-electron chi connectivity index (χ4n) is 2.01. The number of benzene rings is 1. The smallest absolute Gasteiger partial charge is 0.241 e. The van der Waals surface area contributed by atoms with E-state index in [2.05, 4.69) is 5.32 Å². The van der Waals surface area contributed by atoms with Crippen molar-refractivity contribution in [1.29, 1.82) is 0 Å². The summed E-state index contributed by atoms with van der Waals surface area (Å²) < 4.78 is 22.6. The maximum Gasteiger partial charge on any atom is 0.241 e. The number of sulfone groups is 1. The van der Waals surface area contributed by atoms with Gasteiger partial charge in [0.2, 0.25) is 5.91 Å². The molecule has 0 saturated carbocycles. The van der Waals surface area contributed by atoms with E-state index in [1.807, 2.05) is 18.2 Å². The Balaban J connectivity index is 1.97. The fourth-order valence-corrected chi connectivity index (χ4v) is 3.68. The topological polar surface area (TPSA) is 89.3 Å². The maximum atomic E-state index is 11.9. The molecular weight excluding hydrogens is 252 g/mol. The van der Waals surface area contributed by atoms with E-state index in [4.69, 9.17) is 5.73 Å². The molecule has 6 heteroatoms. The van der Waals surface area contributed by atoms with Gasteiger partial charge in [-0.15, -0.1) is 0 Å². The predicted octanol–water partition coefficient (Wildman–Crippen LogP) is -0.0103. The van der Waals surface area contributed by atoms with Gasteiger partial charge < -0.3 is 11.1 Å². The van der Waals surface area contributed by atoms with E-state index in [1.54, 1.807) is 12.1 Å².